The van der Waals surface area contributed by atoms with Gasteiger partial charge >= 0.3 is 0 Å². The van der Waals surface area contributed by atoms with Crippen molar-refractivity contribution in [2.45, 2.75) is 38.3 Å². The molecule has 88 valence electrons. The van der Waals surface area contributed by atoms with Crippen molar-refractivity contribution in [1.82, 2.24) is 10.3 Å². The minimum absolute atomic E-state index is 0.383. The van der Waals surface area contributed by atoms with Crippen LogP contribution in [0.1, 0.15) is 25.3 Å². The van der Waals surface area contributed by atoms with Crippen molar-refractivity contribution in [3.8, 4) is 0 Å². The number of rotatable bonds is 5. The van der Waals surface area contributed by atoms with E-state index in [-0.39, 0.29) is 0 Å². The summed E-state index contributed by atoms with van der Waals surface area (Å²) in [6.45, 7) is 4.06. The summed E-state index contributed by atoms with van der Waals surface area (Å²) >= 11 is 0. The smallest absolute Gasteiger partial charge is 0.0732 e. The van der Waals surface area contributed by atoms with Crippen LogP contribution in [-0.2, 0) is 11.2 Å². The highest BCUT2D eigenvalue weighted by Crippen LogP contribution is 2.18. The normalized spacial score (nSPS) is 22.2. The number of hydrogen-bond donors (Lipinski definition) is 1. The SMILES string of the molecule is CCNC(Cc1ccncc1)C1CCCO1. The molecule has 0 bridgehead atoms. The van der Waals surface area contributed by atoms with Crippen LogP contribution in [0.4, 0.5) is 0 Å². The van der Waals surface area contributed by atoms with Crippen LogP contribution in [-0.4, -0.2) is 30.3 Å². The van der Waals surface area contributed by atoms with Gasteiger partial charge in [-0.1, -0.05) is 6.92 Å². The largest absolute Gasteiger partial charge is 0.377 e. The lowest BCUT2D eigenvalue weighted by molar-refractivity contribution is 0.0789. The van der Waals surface area contributed by atoms with Crippen LogP contribution >= 0.6 is 0 Å². The Hall–Kier alpha value is -0.930. The minimum Gasteiger partial charge on any atom is -0.377 e. The van der Waals surface area contributed by atoms with Gasteiger partial charge in [-0.3, -0.25) is 4.98 Å². The third-order valence-electron chi connectivity index (χ3n) is 3.08. The standard InChI is InChI=1S/C13H20N2O/c1-2-15-12(13-4-3-9-16-13)10-11-5-7-14-8-6-11/h5-8,12-13,15H,2-4,9-10H2,1H3. The van der Waals surface area contributed by atoms with Crippen molar-refractivity contribution in [2.24, 2.45) is 0 Å². The molecule has 2 rings (SSSR count). The lowest BCUT2D eigenvalue weighted by atomic mass is 10.00. The monoisotopic (exact) mass is 220 g/mol. The fourth-order valence-electron chi connectivity index (χ4n) is 2.29. The fourth-order valence-corrected chi connectivity index (χ4v) is 2.29. The molecule has 2 unspecified atom stereocenters. The second-order valence-electron chi connectivity index (χ2n) is 4.28. The molecule has 1 fully saturated rings. The zero-order chi connectivity index (χ0) is 11.2. The molecule has 1 aliphatic heterocycles. The van der Waals surface area contributed by atoms with Crippen LogP contribution < -0.4 is 5.32 Å². The maximum atomic E-state index is 5.76. The maximum absolute atomic E-state index is 5.76. The van der Waals surface area contributed by atoms with E-state index in [9.17, 15) is 0 Å². The van der Waals surface area contributed by atoms with Crippen molar-refractivity contribution in [1.29, 1.82) is 0 Å². The number of pyridine rings is 1. The number of ether oxygens (including phenoxy) is 1. The number of nitrogens with zero attached hydrogens (tertiary/aromatic N) is 1. The Morgan fingerprint density at radius 3 is 2.94 bits per heavy atom. The third kappa shape index (κ3) is 3.03. The summed E-state index contributed by atoms with van der Waals surface area (Å²) < 4.78 is 5.76. The topological polar surface area (TPSA) is 34.2 Å². The van der Waals surface area contributed by atoms with E-state index in [0.717, 1.165) is 19.6 Å². The van der Waals surface area contributed by atoms with Crippen molar-refractivity contribution in [3.63, 3.8) is 0 Å². The molecule has 0 spiro atoms. The van der Waals surface area contributed by atoms with Crippen LogP contribution in [0.3, 0.4) is 0 Å². The summed E-state index contributed by atoms with van der Waals surface area (Å²) in [5.41, 5.74) is 1.33. The first-order chi connectivity index (χ1) is 7.90. The van der Waals surface area contributed by atoms with E-state index in [1.165, 1.54) is 18.4 Å². The van der Waals surface area contributed by atoms with Crippen LogP contribution in [0.25, 0.3) is 0 Å². The molecule has 3 heteroatoms. The van der Waals surface area contributed by atoms with E-state index >= 15 is 0 Å². The number of likely N-dealkylation sites (N-methyl/N-ethyl adjacent to an activating group) is 1. The highest BCUT2D eigenvalue weighted by atomic mass is 16.5. The summed E-state index contributed by atoms with van der Waals surface area (Å²) in [6.07, 6.45) is 7.50. The molecular weight excluding hydrogens is 200 g/mol. The van der Waals surface area contributed by atoms with Crippen molar-refractivity contribution in [2.75, 3.05) is 13.2 Å². The van der Waals surface area contributed by atoms with E-state index in [1.54, 1.807) is 0 Å². The van der Waals surface area contributed by atoms with Crippen LogP contribution in [0.15, 0.2) is 24.5 Å². The van der Waals surface area contributed by atoms with Crippen LogP contribution in [0, 0.1) is 0 Å². The van der Waals surface area contributed by atoms with Gasteiger partial charge in [0.05, 0.1) is 6.10 Å². The second-order valence-corrected chi connectivity index (χ2v) is 4.28. The summed E-state index contributed by atoms with van der Waals surface area (Å²) in [7, 11) is 0. The molecule has 3 nitrogen and oxygen atoms in total. The summed E-state index contributed by atoms with van der Waals surface area (Å²) in [5.74, 6) is 0. The predicted octanol–water partition coefficient (Wildman–Crippen LogP) is 1.78. The van der Waals surface area contributed by atoms with Gasteiger partial charge in [-0.05, 0) is 43.5 Å². The molecule has 0 radical (unpaired) electrons. The molecule has 2 heterocycles. The van der Waals surface area contributed by atoms with E-state index < -0.39 is 0 Å². The zero-order valence-corrected chi connectivity index (χ0v) is 9.86. The summed E-state index contributed by atoms with van der Waals surface area (Å²) in [4.78, 5) is 4.04. The Labute approximate surface area is 97.2 Å². The summed E-state index contributed by atoms with van der Waals surface area (Å²) in [6, 6.07) is 4.60. The van der Waals surface area contributed by atoms with E-state index in [1.807, 2.05) is 12.4 Å². The van der Waals surface area contributed by atoms with E-state index in [2.05, 4.69) is 29.4 Å². The zero-order valence-electron chi connectivity index (χ0n) is 9.86. The van der Waals surface area contributed by atoms with Gasteiger partial charge in [0.2, 0.25) is 0 Å². The van der Waals surface area contributed by atoms with Gasteiger partial charge in [-0.2, -0.15) is 0 Å². The summed E-state index contributed by atoms with van der Waals surface area (Å²) in [5, 5.41) is 3.53. The molecule has 0 saturated carbocycles. The number of aromatic nitrogens is 1. The average Bonchev–Trinajstić information content (AvgIpc) is 2.83. The molecule has 0 aliphatic carbocycles. The van der Waals surface area contributed by atoms with Crippen molar-refractivity contribution in [3.05, 3.63) is 30.1 Å². The molecule has 1 N–H and O–H groups in total. The van der Waals surface area contributed by atoms with Crippen molar-refractivity contribution >= 4 is 0 Å². The molecule has 0 amide bonds. The van der Waals surface area contributed by atoms with Gasteiger partial charge in [0.1, 0.15) is 0 Å². The predicted molar refractivity (Wildman–Crippen MR) is 64.4 cm³/mol. The Kier molecular flexibility index (Phi) is 4.31. The van der Waals surface area contributed by atoms with Gasteiger partial charge in [-0.15, -0.1) is 0 Å². The minimum atomic E-state index is 0.383. The molecule has 1 saturated heterocycles. The molecule has 1 aromatic heterocycles. The van der Waals surface area contributed by atoms with Gasteiger partial charge in [0.25, 0.3) is 0 Å². The molecule has 1 aromatic rings. The molecule has 2 atom stereocenters. The van der Waals surface area contributed by atoms with Gasteiger partial charge in [-0.25, -0.2) is 0 Å². The number of hydrogen-bond acceptors (Lipinski definition) is 3. The highest BCUT2D eigenvalue weighted by molar-refractivity contribution is 5.12. The van der Waals surface area contributed by atoms with Crippen LogP contribution in [0.2, 0.25) is 0 Å². The van der Waals surface area contributed by atoms with Gasteiger partial charge < -0.3 is 10.1 Å². The Bertz CT molecular complexity index is 296. The van der Waals surface area contributed by atoms with E-state index in [4.69, 9.17) is 4.74 Å². The molecule has 0 aromatic carbocycles. The third-order valence-corrected chi connectivity index (χ3v) is 3.08. The second kappa shape index (κ2) is 5.97. The first-order valence-electron chi connectivity index (χ1n) is 6.14. The van der Waals surface area contributed by atoms with Crippen molar-refractivity contribution < 1.29 is 4.74 Å². The highest BCUT2D eigenvalue weighted by Gasteiger charge is 2.25. The lowest BCUT2D eigenvalue weighted by Crippen LogP contribution is -2.41. The molecule has 16 heavy (non-hydrogen) atoms. The first kappa shape index (κ1) is 11.6. The van der Waals surface area contributed by atoms with Crippen LogP contribution in [0.5, 0.6) is 0 Å². The molecular formula is C13H20N2O. The van der Waals surface area contributed by atoms with E-state index in [0.29, 0.717) is 12.1 Å². The Morgan fingerprint density at radius 1 is 1.50 bits per heavy atom. The first-order valence-corrected chi connectivity index (χ1v) is 6.14. The fraction of sp³-hybridized carbons (Fsp3) is 0.615. The van der Waals surface area contributed by atoms with Gasteiger partial charge in [0.15, 0.2) is 0 Å². The lowest BCUT2D eigenvalue weighted by Gasteiger charge is -2.23. The van der Waals surface area contributed by atoms with Gasteiger partial charge in [0, 0.05) is 25.0 Å². The Balaban J connectivity index is 1.96. The number of nitrogens with one attached hydrogen (secondary N) is 1. The maximum Gasteiger partial charge on any atom is 0.0732 e. The quantitative estimate of drug-likeness (QED) is 0.821. The average molecular weight is 220 g/mol. The molecule has 1 aliphatic rings. The Morgan fingerprint density at radius 2 is 2.31 bits per heavy atom.